The molecule has 0 aliphatic rings. The predicted molar refractivity (Wildman–Crippen MR) is 92.6 cm³/mol. The van der Waals surface area contributed by atoms with Gasteiger partial charge < -0.3 is 0 Å². The molecule has 0 aliphatic carbocycles. The normalized spacial score (nSPS) is 10.6. The summed E-state index contributed by atoms with van der Waals surface area (Å²) in [7, 11) is 0. The Hall–Kier alpha value is -0.480. The van der Waals surface area contributed by atoms with E-state index in [1.807, 2.05) is 0 Å². The van der Waals surface area contributed by atoms with E-state index in [9.17, 15) is 14.2 Å². The largest absolute Gasteiger partial charge is 0.339 e. The van der Waals surface area contributed by atoms with Gasteiger partial charge in [-0.1, -0.05) is 35.3 Å². The first-order valence-corrected chi connectivity index (χ1v) is 10.6. The predicted octanol–water partition coefficient (Wildman–Crippen LogP) is 5.77. The Kier molecular flexibility index (Phi) is 7.47. The number of aromatic nitrogens is 1. The Morgan fingerprint density at radius 1 is 1.00 bits per heavy atom. The Balaban J connectivity index is 0.000000422. The third kappa shape index (κ3) is 5.96. The van der Waals surface area contributed by atoms with E-state index in [2.05, 4.69) is 33.7 Å². The molecule has 0 radical (unpaired) electrons. The highest BCUT2D eigenvalue weighted by Crippen LogP contribution is 2.61. The average molecular weight is 421 g/mol. The molecule has 0 saturated heterocycles. The zero-order valence-electron chi connectivity index (χ0n) is 10.6. The van der Waals surface area contributed by atoms with Crippen molar-refractivity contribution in [2.24, 2.45) is 0 Å². The van der Waals surface area contributed by atoms with E-state index >= 15 is 0 Å². The molecule has 1 aromatic carbocycles. The molecule has 0 unspecified atom stereocenters. The highest BCUT2D eigenvalue weighted by molar-refractivity contribution is 8.24. The van der Waals surface area contributed by atoms with Crippen LogP contribution in [0.1, 0.15) is 10.4 Å². The molecule has 0 amide bonds. The number of hydrogen-bond acceptors (Lipinski definition) is 3. The van der Waals surface area contributed by atoms with Crippen molar-refractivity contribution in [1.29, 1.82) is 0 Å². The van der Waals surface area contributed by atoms with Crippen molar-refractivity contribution in [3.63, 3.8) is 0 Å². The van der Waals surface area contributed by atoms with E-state index in [4.69, 9.17) is 23.2 Å². The van der Waals surface area contributed by atoms with Crippen molar-refractivity contribution in [2.45, 2.75) is 0 Å². The second-order valence-electron chi connectivity index (χ2n) is 3.72. The number of carbonyl (C=O) groups is 1. The van der Waals surface area contributed by atoms with Gasteiger partial charge in [-0.2, -0.15) is 0 Å². The molecule has 0 fully saturated rings. The van der Waals surface area contributed by atoms with Crippen LogP contribution < -0.4 is 5.56 Å². The maximum absolute atomic E-state index is 12.0. The molecule has 1 heterocycles. The SMILES string of the molecule is O=Cc1c(Cl)ccn(-c2ccccc2Cl)c1=O.O=P(Cl)(Cl)Cl. The van der Waals surface area contributed by atoms with E-state index < -0.39 is 10.8 Å². The van der Waals surface area contributed by atoms with Crippen LogP contribution in [0.3, 0.4) is 0 Å². The van der Waals surface area contributed by atoms with Gasteiger partial charge in [0.1, 0.15) is 0 Å². The summed E-state index contributed by atoms with van der Waals surface area (Å²) in [5, 5.41) is -2.66. The topological polar surface area (TPSA) is 56.1 Å². The van der Waals surface area contributed by atoms with Gasteiger partial charge in [-0.05, 0) is 51.9 Å². The Morgan fingerprint density at radius 3 is 2.05 bits per heavy atom. The van der Waals surface area contributed by atoms with Crippen molar-refractivity contribution in [1.82, 2.24) is 4.57 Å². The molecule has 1 aromatic heterocycles. The lowest BCUT2D eigenvalue weighted by molar-refractivity contribution is 0.112. The van der Waals surface area contributed by atoms with Crippen LogP contribution in [0, 0.1) is 0 Å². The maximum atomic E-state index is 12.0. The first-order chi connectivity index (χ1) is 10.1. The van der Waals surface area contributed by atoms with Gasteiger partial charge in [0, 0.05) is 6.20 Å². The van der Waals surface area contributed by atoms with Crippen LogP contribution in [0.25, 0.3) is 5.69 Å². The van der Waals surface area contributed by atoms with Crippen LogP contribution in [-0.4, -0.2) is 10.9 Å². The van der Waals surface area contributed by atoms with E-state index in [-0.39, 0.29) is 10.6 Å². The van der Waals surface area contributed by atoms with Crippen molar-refractivity contribution in [2.75, 3.05) is 0 Å². The fourth-order valence-electron chi connectivity index (χ4n) is 1.47. The third-order valence-electron chi connectivity index (χ3n) is 2.31. The third-order valence-corrected chi connectivity index (χ3v) is 2.96. The highest BCUT2D eigenvalue weighted by Gasteiger charge is 2.10. The molecule has 0 bridgehead atoms. The fraction of sp³-hybridized carbons (Fsp3) is 0. The molecule has 2 aromatic rings. The summed E-state index contributed by atoms with van der Waals surface area (Å²) in [5.41, 5.74) is -0.0476. The molecule has 4 nitrogen and oxygen atoms in total. The molecule has 118 valence electrons. The highest BCUT2D eigenvalue weighted by atomic mass is 36.0. The standard InChI is InChI=1S/C12H7Cl2NO2.Cl3OP/c13-9-5-6-15(12(17)8(9)7-16)11-4-2-1-3-10(11)14;1-5(2,3)4/h1-7H;. The van der Waals surface area contributed by atoms with Gasteiger partial charge in [-0.15, -0.1) is 0 Å². The van der Waals surface area contributed by atoms with Crippen LogP contribution in [0.15, 0.2) is 41.3 Å². The molecular formula is C12H7Cl5NO3P. The van der Waals surface area contributed by atoms with E-state index in [1.165, 1.54) is 16.8 Å². The number of benzene rings is 1. The van der Waals surface area contributed by atoms with Crippen LogP contribution >= 0.6 is 62.1 Å². The number of halogens is 5. The Morgan fingerprint density at radius 2 is 1.55 bits per heavy atom. The summed E-state index contributed by atoms with van der Waals surface area (Å²) in [6.45, 7) is 0. The van der Waals surface area contributed by atoms with E-state index in [0.29, 0.717) is 17.0 Å². The van der Waals surface area contributed by atoms with Crippen molar-refractivity contribution in [3.8, 4) is 5.69 Å². The number of aldehydes is 1. The quantitative estimate of drug-likeness (QED) is 0.457. The molecule has 0 atom stereocenters. The number of nitrogens with zero attached hydrogens (tertiary/aromatic N) is 1. The van der Waals surface area contributed by atoms with Crippen molar-refractivity contribution < 1.29 is 9.36 Å². The molecule has 22 heavy (non-hydrogen) atoms. The lowest BCUT2D eigenvalue weighted by Gasteiger charge is -2.08. The lowest BCUT2D eigenvalue weighted by atomic mass is 10.2. The van der Waals surface area contributed by atoms with Gasteiger partial charge in [0.25, 0.3) is 5.56 Å². The number of carbonyl (C=O) groups excluding carboxylic acids is 1. The second kappa shape index (κ2) is 8.39. The summed E-state index contributed by atoms with van der Waals surface area (Å²) < 4.78 is 10.8. The lowest BCUT2D eigenvalue weighted by Crippen LogP contribution is -2.22. The minimum atomic E-state index is -3.22. The van der Waals surface area contributed by atoms with Crippen LogP contribution in [-0.2, 0) is 4.57 Å². The van der Waals surface area contributed by atoms with Gasteiger partial charge in [-0.25, -0.2) is 0 Å². The summed E-state index contributed by atoms with van der Waals surface area (Å²) in [6.07, 6.45) is 1.93. The monoisotopic (exact) mass is 419 g/mol. The first-order valence-electron chi connectivity index (χ1n) is 5.45. The van der Waals surface area contributed by atoms with Crippen LogP contribution in [0.4, 0.5) is 0 Å². The molecule has 0 spiro atoms. The zero-order valence-corrected chi connectivity index (χ0v) is 15.2. The van der Waals surface area contributed by atoms with Gasteiger partial charge in [0.05, 0.1) is 21.3 Å². The van der Waals surface area contributed by atoms with E-state index in [0.717, 1.165) is 0 Å². The minimum absolute atomic E-state index is 0.0749. The Bertz CT molecular complexity index is 778. The van der Waals surface area contributed by atoms with E-state index in [1.54, 1.807) is 24.3 Å². The van der Waals surface area contributed by atoms with Crippen LogP contribution in [0.2, 0.25) is 10.0 Å². The van der Waals surface area contributed by atoms with Gasteiger partial charge in [-0.3, -0.25) is 18.7 Å². The number of para-hydroxylation sites is 1. The number of pyridine rings is 1. The smallest absolute Gasteiger partial charge is 0.298 e. The van der Waals surface area contributed by atoms with Crippen molar-refractivity contribution in [3.05, 3.63) is 62.5 Å². The molecule has 0 saturated carbocycles. The van der Waals surface area contributed by atoms with Gasteiger partial charge >= 0.3 is 5.20 Å². The molecular weight excluding hydrogens is 414 g/mol. The molecule has 2 rings (SSSR count). The Labute approximate surface area is 150 Å². The van der Waals surface area contributed by atoms with Gasteiger partial charge in [0.15, 0.2) is 6.29 Å². The molecule has 0 N–H and O–H groups in total. The first kappa shape index (κ1) is 19.6. The molecule has 10 heteroatoms. The van der Waals surface area contributed by atoms with Crippen LogP contribution in [0.5, 0.6) is 0 Å². The summed E-state index contributed by atoms with van der Waals surface area (Å²) >= 11 is 25.6. The minimum Gasteiger partial charge on any atom is -0.298 e. The number of rotatable bonds is 2. The summed E-state index contributed by atoms with van der Waals surface area (Å²) in [6, 6.07) is 8.34. The zero-order chi connectivity index (χ0) is 16.9. The van der Waals surface area contributed by atoms with Gasteiger partial charge in [0.2, 0.25) is 0 Å². The fourth-order valence-corrected chi connectivity index (χ4v) is 1.88. The summed E-state index contributed by atoms with van der Waals surface area (Å²) in [5.74, 6) is 0. The summed E-state index contributed by atoms with van der Waals surface area (Å²) in [4.78, 5) is 22.7. The van der Waals surface area contributed by atoms with Crippen molar-refractivity contribution >= 4 is 68.4 Å². The number of hydrogen-bond donors (Lipinski definition) is 0. The molecule has 0 aliphatic heterocycles. The second-order valence-corrected chi connectivity index (χ2v) is 11.2. The maximum Gasteiger partial charge on any atom is 0.339 e. The average Bonchev–Trinajstić information content (AvgIpc) is 2.39.